The molecule has 3 rings (SSSR count). The van der Waals surface area contributed by atoms with Gasteiger partial charge < -0.3 is 10.4 Å². The van der Waals surface area contributed by atoms with E-state index in [-0.39, 0.29) is 5.70 Å². The highest BCUT2D eigenvalue weighted by atomic mass is 32.2. The molecule has 2 N–H and O–H groups in total. The first-order valence-electron chi connectivity index (χ1n) is 7.32. The number of β-lactam (4-membered cyclic amide) rings is 1. The molecule has 0 radical (unpaired) electrons. The molecule has 12 heteroatoms. The molecule has 140 valence electrons. The van der Waals surface area contributed by atoms with E-state index >= 15 is 0 Å². The number of hydrogen-bond donors (Lipinski definition) is 2. The fourth-order valence-corrected chi connectivity index (χ4v) is 4.13. The summed E-state index contributed by atoms with van der Waals surface area (Å²) in [5.41, 5.74) is -1.17. The van der Waals surface area contributed by atoms with Crippen molar-refractivity contribution in [2.45, 2.75) is 24.5 Å². The van der Waals surface area contributed by atoms with Crippen LogP contribution in [0.15, 0.2) is 17.3 Å². The maximum absolute atomic E-state index is 12.8. The van der Waals surface area contributed by atoms with E-state index in [2.05, 4.69) is 10.4 Å². The van der Waals surface area contributed by atoms with E-state index < -0.39 is 46.8 Å². The number of aromatic nitrogens is 2. The van der Waals surface area contributed by atoms with Crippen LogP contribution in [0.25, 0.3) is 0 Å². The average Bonchev–Trinajstić information content (AvgIpc) is 2.94. The van der Waals surface area contributed by atoms with Gasteiger partial charge in [0.2, 0.25) is 0 Å². The number of aryl methyl sites for hydroxylation is 1. The largest absolute Gasteiger partial charge is 0.477 e. The van der Waals surface area contributed by atoms with Gasteiger partial charge in [-0.1, -0.05) is 0 Å². The Hall–Kier alpha value is -2.50. The number of rotatable bonds is 3. The molecule has 1 aromatic rings. The second kappa shape index (κ2) is 6.04. The third-order valence-electron chi connectivity index (χ3n) is 4.05. The van der Waals surface area contributed by atoms with E-state index in [9.17, 15) is 32.7 Å². The number of fused-ring (bicyclic) bond motifs is 1. The molecule has 2 amide bonds. The van der Waals surface area contributed by atoms with Gasteiger partial charge in [0.05, 0.1) is 0 Å². The lowest BCUT2D eigenvalue weighted by molar-refractivity contribution is -0.148. The highest BCUT2D eigenvalue weighted by Crippen LogP contribution is 2.40. The van der Waals surface area contributed by atoms with Crippen LogP contribution in [0.3, 0.4) is 0 Å². The molecule has 8 nitrogen and oxygen atoms in total. The Labute approximate surface area is 149 Å². The van der Waals surface area contributed by atoms with Crippen LogP contribution in [0.4, 0.5) is 13.2 Å². The maximum atomic E-state index is 12.8. The second-order valence-corrected chi connectivity index (χ2v) is 6.94. The predicted octanol–water partition coefficient (Wildman–Crippen LogP) is 0.811. The van der Waals surface area contributed by atoms with Crippen LogP contribution < -0.4 is 5.32 Å². The fraction of sp³-hybridized carbons (Fsp3) is 0.429. The average molecular weight is 390 g/mol. The van der Waals surface area contributed by atoms with Crippen molar-refractivity contribution in [2.24, 2.45) is 7.05 Å². The van der Waals surface area contributed by atoms with Crippen molar-refractivity contribution in [1.82, 2.24) is 20.0 Å². The lowest BCUT2D eigenvalue weighted by Gasteiger charge is -2.49. The number of nitrogens with one attached hydrogen (secondary N) is 1. The van der Waals surface area contributed by atoms with Gasteiger partial charge in [-0.3, -0.25) is 19.2 Å². The van der Waals surface area contributed by atoms with Crippen molar-refractivity contribution in [2.75, 3.05) is 5.75 Å². The van der Waals surface area contributed by atoms with Crippen molar-refractivity contribution in [3.8, 4) is 0 Å². The lowest BCUT2D eigenvalue weighted by Crippen LogP contribution is -2.70. The summed E-state index contributed by atoms with van der Waals surface area (Å²) < 4.78 is 38.9. The number of alkyl halides is 3. The first kappa shape index (κ1) is 18.3. The molecular weight excluding hydrogens is 377 g/mol. The Balaban J connectivity index is 1.77. The zero-order valence-corrected chi connectivity index (χ0v) is 14.3. The van der Waals surface area contributed by atoms with Crippen LogP contribution in [0, 0.1) is 0 Å². The summed E-state index contributed by atoms with van der Waals surface area (Å²) in [6.45, 7) is 1.60. The minimum atomic E-state index is -4.67. The van der Waals surface area contributed by atoms with Gasteiger partial charge in [0, 0.05) is 18.9 Å². The summed E-state index contributed by atoms with van der Waals surface area (Å²) in [6.07, 6.45) is -4.67. The Morgan fingerprint density at radius 1 is 1.42 bits per heavy atom. The molecule has 1 aromatic heterocycles. The summed E-state index contributed by atoms with van der Waals surface area (Å²) in [5.74, 6) is -2.44. The van der Waals surface area contributed by atoms with Crippen molar-refractivity contribution in [3.63, 3.8) is 0 Å². The summed E-state index contributed by atoms with van der Waals surface area (Å²) >= 11 is 1.27. The molecular formula is C14H13F3N4O4S. The van der Waals surface area contributed by atoms with E-state index in [1.165, 1.54) is 11.8 Å². The van der Waals surface area contributed by atoms with Crippen LogP contribution >= 0.6 is 11.8 Å². The monoisotopic (exact) mass is 390 g/mol. The molecule has 0 saturated carbocycles. The van der Waals surface area contributed by atoms with Crippen molar-refractivity contribution >= 4 is 29.5 Å². The van der Waals surface area contributed by atoms with Crippen LogP contribution in [0.2, 0.25) is 0 Å². The van der Waals surface area contributed by atoms with Gasteiger partial charge in [-0.2, -0.15) is 18.3 Å². The number of aliphatic carboxylic acids is 1. The number of nitrogens with zero attached hydrogens (tertiary/aromatic N) is 3. The van der Waals surface area contributed by atoms with E-state index in [1.54, 1.807) is 6.92 Å². The first-order valence-corrected chi connectivity index (χ1v) is 8.37. The first-order chi connectivity index (χ1) is 12.0. The standard InChI is InChI=1S/C14H13F3N4O4S/c1-5-4-26-12-8(11(23)21(12)9(5)13(24)25)18-10(22)6-3-7(14(15,16)17)20(2)19-6/h3,8,12H,4H2,1-2H3,(H,18,22)(H,24,25). The van der Waals surface area contributed by atoms with Crippen molar-refractivity contribution in [3.05, 3.63) is 28.7 Å². The van der Waals surface area contributed by atoms with Crippen LogP contribution in [-0.4, -0.2) is 54.7 Å². The summed E-state index contributed by atoms with van der Waals surface area (Å²) in [7, 11) is 1.06. The molecule has 1 saturated heterocycles. The molecule has 2 unspecified atom stereocenters. The van der Waals surface area contributed by atoms with Crippen molar-refractivity contribution < 1.29 is 32.7 Å². The number of thioether (sulfide) groups is 1. The third kappa shape index (κ3) is 2.83. The van der Waals surface area contributed by atoms with E-state index in [1.807, 2.05) is 0 Å². The molecule has 2 aliphatic heterocycles. The third-order valence-corrected chi connectivity index (χ3v) is 5.48. The van der Waals surface area contributed by atoms with Gasteiger partial charge in [-0.25, -0.2) is 4.79 Å². The van der Waals surface area contributed by atoms with Gasteiger partial charge in [-0.05, 0) is 12.5 Å². The van der Waals surface area contributed by atoms with Gasteiger partial charge in [0.15, 0.2) is 5.69 Å². The van der Waals surface area contributed by atoms with Crippen LogP contribution in [-0.2, 0) is 22.8 Å². The Morgan fingerprint density at radius 3 is 2.62 bits per heavy atom. The number of carboxylic acid groups (broad SMARTS) is 1. The minimum absolute atomic E-state index is 0.124. The van der Waals surface area contributed by atoms with E-state index in [0.29, 0.717) is 22.1 Å². The summed E-state index contributed by atoms with van der Waals surface area (Å²) in [6, 6.07) is -0.428. The molecule has 1 fully saturated rings. The Kier molecular flexibility index (Phi) is 4.25. The van der Waals surface area contributed by atoms with E-state index in [0.717, 1.165) is 11.9 Å². The zero-order chi connectivity index (χ0) is 19.4. The van der Waals surface area contributed by atoms with Crippen LogP contribution in [0.1, 0.15) is 23.1 Å². The summed E-state index contributed by atoms with van der Waals surface area (Å²) in [5, 5.41) is 14.5. The van der Waals surface area contributed by atoms with Crippen LogP contribution in [0.5, 0.6) is 0 Å². The summed E-state index contributed by atoms with van der Waals surface area (Å²) in [4.78, 5) is 36.8. The molecule has 2 atom stereocenters. The van der Waals surface area contributed by atoms with Gasteiger partial charge in [0.1, 0.15) is 22.8 Å². The fourth-order valence-electron chi connectivity index (χ4n) is 2.83. The van der Waals surface area contributed by atoms with E-state index in [4.69, 9.17) is 0 Å². The number of carbonyl (C=O) groups excluding carboxylic acids is 2. The van der Waals surface area contributed by atoms with Gasteiger partial charge in [0.25, 0.3) is 11.8 Å². The zero-order valence-electron chi connectivity index (χ0n) is 13.5. The molecule has 3 heterocycles. The Bertz CT molecular complexity index is 848. The van der Waals surface area contributed by atoms with Gasteiger partial charge in [-0.15, -0.1) is 11.8 Å². The highest BCUT2D eigenvalue weighted by Gasteiger charge is 2.54. The number of carbonyl (C=O) groups is 3. The molecule has 0 bridgehead atoms. The predicted molar refractivity (Wildman–Crippen MR) is 82.9 cm³/mol. The molecule has 0 spiro atoms. The SMILES string of the molecule is CC1=C(C(=O)O)N2C(=O)C(NC(=O)c3cc(C(F)(F)F)n(C)n3)C2SC1. The smallest absolute Gasteiger partial charge is 0.433 e. The highest BCUT2D eigenvalue weighted by molar-refractivity contribution is 8.00. The molecule has 2 aliphatic rings. The number of carboxylic acids is 1. The number of halogens is 3. The number of amides is 2. The maximum Gasteiger partial charge on any atom is 0.433 e. The second-order valence-electron chi connectivity index (χ2n) is 5.83. The lowest BCUT2D eigenvalue weighted by atomic mass is 10.0. The van der Waals surface area contributed by atoms with Crippen molar-refractivity contribution in [1.29, 1.82) is 0 Å². The molecule has 0 aromatic carbocycles. The minimum Gasteiger partial charge on any atom is -0.477 e. The van der Waals surface area contributed by atoms with Gasteiger partial charge >= 0.3 is 12.1 Å². The quantitative estimate of drug-likeness (QED) is 0.741. The topological polar surface area (TPSA) is 105 Å². The Morgan fingerprint density at radius 2 is 2.08 bits per heavy atom. The normalized spacial score (nSPS) is 22.8. The molecule has 0 aliphatic carbocycles. The molecule has 26 heavy (non-hydrogen) atoms. The number of hydrogen-bond acceptors (Lipinski definition) is 5.